The Morgan fingerprint density at radius 1 is 1.03 bits per heavy atom. The van der Waals surface area contributed by atoms with E-state index in [-0.39, 0.29) is 0 Å². The van der Waals surface area contributed by atoms with Crippen molar-refractivity contribution >= 4 is 54.7 Å². The predicted molar refractivity (Wildman–Crippen MR) is 143 cm³/mol. The van der Waals surface area contributed by atoms with Crippen LogP contribution in [0.2, 0.25) is 0 Å². The van der Waals surface area contributed by atoms with E-state index in [1.807, 2.05) is 35.8 Å². The van der Waals surface area contributed by atoms with Crippen LogP contribution in [0, 0.1) is 0 Å². The Morgan fingerprint density at radius 3 is 2.57 bits per heavy atom. The average Bonchev–Trinajstić information content (AvgIpc) is 3.27. The van der Waals surface area contributed by atoms with Crippen molar-refractivity contribution in [1.29, 1.82) is 0 Å². The zero-order valence-electron chi connectivity index (χ0n) is 19.6. The van der Waals surface area contributed by atoms with E-state index >= 15 is 0 Å². The molecule has 0 amide bonds. The summed E-state index contributed by atoms with van der Waals surface area (Å²) < 4.78 is 26.7. The molecule has 0 bridgehead atoms. The number of anilines is 4. The van der Waals surface area contributed by atoms with Gasteiger partial charge in [0.1, 0.15) is 5.82 Å². The number of fused-ring (bicyclic) bond motifs is 1. The van der Waals surface area contributed by atoms with E-state index in [0.717, 1.165) is 71.8 Å². The second-order valence-electron chi connectivity index (χ2n) is 8.46. The first-order valence-corrected chi connectivity index (χ1v) is 14.2. The van der Waals surface area contributed by atoms with Crippen molar-refractivity contribution in [1.82, 2.24) is 19.9 Å². The van der Waals surface area contributed by atoms with Crippen LogP contribution in [-0.4, -0.2) is 67.2 Å². The molecule has 0 unspecified atom stereocenters. The van der Waals surface area contributed by atoms with Gasteiger partial charge in [0.25, 0.3) is 0 Å². The maximum absolute atomic E-state index is 11.6. The van der Waals surface area contributed by atoms with Gasteiger partial charge < -0.3 is 15.1 Å². The van der Waals surface area contributed by atoms with E-state index in [1.54, 1.807) is 29.7 Å². The number of nitrogens with one attached hydrogen (secondary N) is 2. The fourth-order valence-corrected chi connectivity index (χ4v) is 5.56. The maximum atomic E-state index is 11.6. The number of rotatable bonds is 7. The predicted octanol–water partition coefficient (Wildman–Crippen LogP) is 4.01. The number of pyridine rings is 1. The number of aromatic nitrogens is 3. The van der Waals surface area contributed by atoms with E-state index in [9.17, 15) is 8.42 Å². The Balaban J connectivity index is 1.34. The summed E-state index contributed by atoms with van der Waals surface area (Å²) in [5, 5.41) is 5.27. The van der Waals surface area contributed by atoms with Gasteiger partial charge in [0.05, 0.1) is 34.6 Å². The van der Waals surface area contributed by atoms with E-state index in [2.05, 4.69) is 36.7 Å². The molecule has 182 valence electrons. The van der Waals surface area contributed by atoms with Crippen molar-refractivity contribution in [2.75, 3.05) is 53.9 Å². The van der Waals surface area contributed by atoms with Crippen molar-refractivity contribution in [2.45, 2.75) is 6.92 Å². The molecule has 0 saturated carbocycles. The molecule has 1 aromatic carbocycles. The Labute approximate surface area is 208 Å². The van der Waals surface area contributed by atoms with Gasteiger partial charge in [-0.25, -0.2) is 23.4 Å². The number of hydrogen-bond acceptors (Lipinski definition) is 9. The molecule has 1 fully saturated rings. The molecule has 4 heterocycles. The molecule has 3 aromatic heterocycles. The lowest BCUT2D eigenvalue weighted by atomic mass is 10.1. The van der Waals surface area contributed by atoms with Gasteiger partial charge in [-0.3, -0.25) is 4.72 Å². The average molecular weight is 510 g/mol. The summed E-state index contributed by atoms with van der Waals surface area (Å²) in [5.74, 6) is 1.46. The van der Waals surface area contributed by atoms with Crippen molar-refractivity contribution < 1.29 is 8.42 Å². The Kier molecular flexibility index (Phi) is 6.54. The fourth-order valence-electron chi connectivity index (χ4n) is 4.13. The summed E-state index contributed by atoms with van der Waals surface area (Å²) in [5.41, 5.74) is 3.94. The monoisotopic (exact) mass is 509 g/mol. The lowest BCUT2D eigenvalue weighted by Gasteiger charge is -2.34. The highest BCUT2D eigenvalue weighted by atomic mass is 32.2. The molecular weight excluding hydrogens is 482 g/mol. The molecule has 2 N–H and O–H groups in total. The first-order chi connectivity index (χ1) is 16.9. The highest BCUT2D eigenvalue weighted by molar-refractivity contribution is 7.92. The van der Waals surface area contributed by atoms with Crippen LogP contribution in [0.1, 0.15) is 6.92 Å². The molecule has 1 aliphatic rings. The summed E-state index contributed by atoms with van der Waals surface area (Å²) >= 11 is 1.55. The quantitative estimate of drug-likeness (QED) is 0.385. The van der Waals surface area contributed by atoms with Crippen LogP contribution in [0.4, 0.5) is 23.1 Å². The standard InChI is InChI=1S/C24H27N7O2S2/c1-3-30-9-11-31(12-10-30)22-8-7-19(14-25-22)27-24-26-15-21-23(28-24)20(16-34-21)17-5-4-6-18(13-17)29-35(2,32)33/h4-8,13-16,29H,3,9-12H2,1-2H3,(H,26,27,28). The van der Waals surface area contributed by atoms with Gasteiger partial charge in [-0.1, -0.05) is 19.1 Å². The summed E-state index contributed by atoms with van der Waals surface area (Å²) in [4.78, 5) is 18.6. The van der Waals surface area contributed by atoms with Crippen LogP contribution in [-0.2, 0) is 10.0 Å². The highest BCUT2D eigenvalue weighted by Crippen LogP contribution is 2.34. The zero-order valence-corrected chi connectivity index (χ0v) is 21.2. The first-order valence-electron chi connectivity index (χ1n) is 11.4. The van der Waals surface area contributed by atoms with Gasteiger partial charge in [0, 0.05) is 42.8 Å². The molecule has 0 atom stereocenters. The number of benzene rings is 1. The molecule has 5 rings (SSSR count). The third-order valence-corrected chi connectivity index (χ3v) is 7.45. The van der Waals surface area contributed by atoms with Gasteiger partial charge in [-0.05, 0) is 36.4 Å². The largest absolute Gasteiger partial charge is 0.354 e. The van der Waals surface area contributed by atoms with Gasteiger partial charge in [0.2, 0.25) is 16.0 Å². The normalized spacial score (nSPS) is 14.9. The minimum Gasteiger partial charge on any atom is -0.354 e. The number of nitrogens with zero attached hydrogens (tertiary/aromatic N) is 5. The van der Waals surface area contributed by atoms with E-state index in [4.69, 9.17) is 4.98 Å². The molecule has 1 aliphatic heterocycles. The Hall–Kier alpha value is -3.28. The smallest absolute Gasteiger partial charge is 0.229 e. The van der Waals surface area contributed by atoms with Crippen molar-refractivity contribution in [3.8, 4) is 11.1 Å². The first kappa shape index (κ1) is 23.5. The van der Waals surface area contributed by atoms with Crippen LogP contribution in [0.15, 0.2) is 54.2 Å². The Bertz CT molecular complexity index is 1430. The van der Waals surface area contributed by atoms with Gasteiger partial charge in [-0.2, -0.15) is 0 Å². The number of likely N-dealkylation sites (N-methyl/N-ethyl adjacent to an activating group) is 1. The lowest BCUT2D eigenvalue weighted by molar-refractivity contribution is 0.270. The van der Waals surface area contributed by atoms with E-state index in [0.29, 0.717) is 11.6 Å². The molecule has 4 aromatic rings. The highest BCUT2D eigenvalue weighted by Gasteiger charge is 2.17. The second kappa shape index (κ2) is 9.76. The van der Waals surface area contributed by atoms with Crippen LogP contribution in [0.3, 0.4) is 0 Å². The van der Waals surface area contributed by atoms with Gasteiger partial charge in [-0.15, -0.1) is 11.3 Å². The Morgan fingerprint density at radius 2 is 1.86 bits per heavy atom. The van der Waals surface area contributed by atoms with Gasteiger partial charge in [0.15, 0.2) is 0 Å². The molecule has 9 nitrogen and oxygen atoms in total. The van der Waals surface area contributed by atoms with Crippen LogP contribution in [0.25, 0.3) is 21.3 Å². The minimum atomic E-state index is -3.35. The van der Waals surface area contributed by atoms with Crippen molar-refractivity contribution in [3.05, 3.63) is 54.2 Å². The van der Waals surface area contributed by atoms with Crippen LogP contribution < -0.4 is 14.9 Å². The van der Waals surface area contributed by atoms with Gasteiger partial charge >= 0.3 is 0 Å². The van der Waals surface area contributed by atoms with E-state index < -0.39 is 10.0 Å². The van der Waals surface area contributed by atoms with Crippen LogP contribution >= 0.6 is 11.3 Å². The number of piperazine rings is 1. The summed E-state index contributed by atoms with van der Waals surface area (Å²) in [7, 11) is -3.35. The maximum Gasteiger partial charge on any atom is 0.229 e. The molecule has 11 heteroatoms. The molecule has 1 saturated heterocycles. The second-order valence-corrected chi connectivity index (χ2v) is 11.1. The van der Waals surface area contributed by atoms with Crippen molar-refractivity contribution in [2.24, 2.45) is 0 Å². The molecule has 0 radical (unpaired) electrons. The fraction of sp³-hybridized carbons (Fsp3) is 0.292. The van der Waals surface area contributed by atoms with E-state index in [1.165, 1.54) is 0 Å². The molecule has 0 spiro atoms. The molecular formula is C24H27N7O2S2. The SMILES string of the molecule is CCN1CCN(c2ccc(Nc3ncc4scc(-c5cccc(NS(C)(=O)=O)c5)c4n3)cn2)CC1. The topological polar surface area (TPSA) is 103 Å². The molecule has 0 aliphatic carbocycles. The minimum absolute atomic E-state index is 0.480. The third-order valence-electron chi connectivity index (χ3n) is 5.94. The van der Waals surface area contributed by atoms with Crippen LogP contribution in [0.5, 0.6) is 0 Å². The third kappa shape index (κ3) is 5.53. The van der Waals surface area contributed by atoms with Crippen molar-refractivity contribution in [3.63, 3.8) is 0 Å². The summed E-state index contributed by atoms with van der Waals surface area (Å²) in [6.45, 7) is 7.36. The number of sulfonamides is 1. The number of thiophene rings is 1. The summed E-state index contributed by atoms with van der Waals surface area (Å²) in [6.07, 6.45) is 4.75. The number of hydrogen-bond donors (Lipinski definition) is 2. The summed E-state index contributed by atoms with van der Waals surface area (Å²) in [6, 6.07) is 11.3. The zero-order chi connectivity index (χ0) is 24.4. The lowest BCUT2D eigenvalue weighted by Crippen LogP contribution is -2.46. The molecule has 35 heavy (non-hydrogen) atoms.